The molecule has 4 N–H and O–H groups in total. The molecule has 9 nitrogen and oxygen atoms in total. The van der Waals surface area contributed by atoms with E-state index in [1.165, 1.54) is 0 Å². The molecule has 1 fully saturated rings. The monoisotopic (exact) mass is 367 g/mol. The van der Waals surface area contributed by atoms with E-state index in [0.717, 1.165) is 18.7 Å². The van der Waals surface area contributed by atoms with Crippen molar-refractivity contribution in [1.82, 2.24) is 25.1 Å². The van der Waals surface area contributed by atoms with E-state index in [1.54, 1.807) is 19.2 Å². The predicted octanol–water partition coefficient (Wildman–Crippen LogP) is 1.33. The number of fused-ring (bicyclic) bond motifs is 1. The van der Waals surface area contributed by atoms with Gasteiger partial charge < -0.3 is 15.8 Å². The molecule has 1 amide bonds. The number of rotatable bonds is 4. The summed E-state index contributed by atoms with van der Waals surface area (Å²) in [7, 11) is 0. The van der Waals surface area contributed by atoms with Crippen LogP contribution in [0, 0.1) is 6.92 Å². The average molecular weight is 367 g/mol. The molecule has 0 atom stereocenters. The first kappa shape index (κ1) is 17.4. The molecule has 0 spiro atoms. The molecule has 0 bridgehead atoms. The van der Waals surface area contributed by atoms with Crippen LogP contribution in [0.5, 0.6) is 0 Å². The van der Waals surface area contributed by atoms with Crippen LogP contribution < -0.4 is 11.1 Å². The molecule has 0 aliphatic carbocycles. The minimum atomic E-state index is -0.273. The number of morpholine rings is 1. The summed E-state index contributed by atoms with van der Waals surface area (Å²) in [6, 6.07) is 5.52. The SMILES string of the molecule is Cc1nc(N)c2cc(CN3CCOCC3)cc(C(=O)Nc3ccn[nH]3)c2n1. The Hall–Kier alpha value is -3.04. The second-order valence-corrected chi connectivity index (χ2v) is 6.51. The summed E-state index contributed by atoms with van der Waals surface area (Å²) in [5.74, 6) is 1.14. The van der Waals surface area contributed by atoms with Gasteiger partial charge in [0.05, 0.1) is 30.5 Å². The van der Waals surface area contributed by atoms with Crippen LogP contribution in [0.4, 0.5) is 11.6 Å². The third-order valence-corrected chi connectivity index (χ3v) is 4.50. The summed E-state index contributed by atoms with van der Waals surface area (Å²) in [6.07, 6.45) is 1.58. The lowest BCUT2D eigenvalue weighted by Gasteiger charge is -2.26. The van der Waals surface area contributed by atoms with Gasteiger partial charge in [-0.25, -0.2) is 9.97 Å². The predicted molar refractivity (Wildman–Crippen MR) is 101 cm³/mol. The lowest BCUT2D eigenvalue weighted by molar-refractivity contribution is 0.0342. The second-order valence-electron chi connectivity index (χ2n) is 6.51. The van der Waals surface area contributed by atoms with Gasteiger partial charge in [0.25, 0.3) is 5.91 Å². The van der Waals surface area contributed by atoms with Gasteiger partial charge in [0, 0.05) is 31.1 Å². The van der Waals surface area contributed by atoms with E-state index in [0.29, 0.717) is 53.7 Å². The Kier molecular flexibility index (Phi) is 4.69. The van der Waals surface area contributed by atoms with E-state index in [1.807, 2.05) is 12.1 Å². The van der Waals surface area contributed by atoms with Gasteiger partial charge in [0.15, 0.2) is 0 Å². The number of hydrogen-bond donors (Lipinski definition) is 3. The fraction of sp³-hybridized carbons (Fsp3) is 0.333. The minimum absolute atomic E-state index is 0.273. The topological polar surface area (TPSA) is 122 Å². The molecule has 1 aromatic carbocycles. The number of nitrogen functional groups attached to an aromatic ring is 1. The van der Waals surface area contributed by atoms with Gasteiger partial charge in [-0.1, -0.05) is 0 Å². The molecule has 0 unspecified atom stereocenters. The van der Waals surface area contributed by atoms with Crippen molar-refractivity contribution in [3.05, 3.63) is 41.3 Å². The molecular weight excluding hydrogens is 346 g/mol. The van der Waals surface area contributed by atoms with Gasteiger partial charge in [-0.2, -0.15) is 5.10 Å². The van der Waals surface area contributed by atoms with E-state index in [2.05, 4.69) is 30.4 Å². The van der Waals surface area contributed by atoms with Crippen LogP contribution >= 0.6 is 0 Å². The first-order chi connectivity index (χ1) is 13.1. The fourth-order valence-corrected chi connectivity index (χ4v) is 3.23. The van der Waals surface area contributed by atoms with E-state index in [4.69, 9.17) is 10.5 Å². The van der Waals surface area contributed by atoms with Crippen molar-refractivity contribution in [2.45, 2.75) is 13.5 Å². The van der Waals surface area contributed by atoms with Crippen LogP contribution in [-0.2, 0) is 11.3 Å². The zero-order valence-corrected chi connectivity index (χ0v) is 15.0. The summed E-state index contributed by atoms with van der Waals surface area (Å²) in [4.78, 5) is 23.9. The Bertz CT molecular complexity index is 966. The maximum Gasteiger partial charge on any atom is 0.259 e. The van der Waals surface area contributed by atoms with Crippen LogP contribution in [0.1, 0.15) is 21.7 Å². The maximum absolute atomic E-state index is 12.9. The highest BCUT2D eigenvalue weighted by atomic mass is 16.5. The smallest absolute Gasteiger partial charge is 0.259 e. The van der Waals surface area contributed by atoms with Crippen molar-refractivity contribution >= 4 is 28.4 Å². The van der Waals surface area contributed by atoms with Gasteiger partial charge >= 0.3 is 0 Å². The van der Waals surface area contributed by atoms with Gasteiger partial charge in [-0.15, -0.1) is 0 Å². The second kappa shape index (κ2) is 7.29. The standard InChI is InChI=1S/C18H21N7O2/c1-11-21-16-13(17(19)22-11)8-12(10-25-4-6-27-7-5-25)9-14(16)18(26)23-15-2-3-20-24-15/h2-3,8-9H,4-7,10H2,1H3,(H2,19,21,22)(H2,20,23,24,26). The van der Waals surface area contributed by atoms with E-state index >= 15 is 0 Å². The van der Waals surface area contributed by atoms with Crippen LogP contribution in [0.25, 0.3) is 10.9 Å². The van der Waals surface area contributed by atoms with Crippen LogP contribution in [0.2, 0.25) is 0 Å². The minimum Gasteiger partial charge on any atom is -0.383 e. The maximum atomic E-state index is 12.9. The summed E-state index contributed by atoms with van der Waals surface area (Å²) >= 11 is 0. The zero-order chi connectivity index (χ0) is 18.8. The van der Waals surface area contributed by atoms with Crippen LogP contribution in [0.3, 0.4) is 0 Å². The molecule has 140 valence electrons. The van der Waals surface area contributed by atoms with Crippen molar-refractivity contribution < 1.29 is 9.53 Å². The summed E-state index contributed by atoms with van der Waals surface area (Å²) in [6.45, 7) is 5.60. The van der Waals surface area contributed by atoms with E-state index in [-0.39, 0.29) is 5.91 Å². The molecule has 2 aromatic heterocycles. The van der Waals surface area contributed by atoms with Gasteiger partial charge in [0.1, 0.15) is 17.5 Å². The molecule has 0 radical (unpaired) electrons. The molecule has 9 heteroatoms. The molecule has 27 heavy (non-hydrogen) atoms. The molecule has 1 aliphatic rings. The number of amides is 1. The van der Waals surface area contributed by atoms with E-state index in [9.17, 15) is 4.79 Å². The van der Waals surface area contributed by atoms with E-state index < -0.39 is 0 Å². The molecular formula is C18H21N7O2. The van der Waals surface area contributed by atoms with Crippen molar-refractivity contribution in [1.29, 1.82) is 0 Å². The molecule has 3 heterocycles. The molecule has 1 saturated heterocycles. The Balaban J connectivity index is 1.75. The third-order valence-electron chi connectivity index (χ3n) is 4.50. The fourth-order valence-electron chi connectivity index (χ4n) is 3.23. The molecule has 1 aliphatic heterocycles. The first-order valence-electron chi connectivity index (χ1n) is 8.78. The number of hydrogen-bond acceptors (Lipinski definition) is 7. The van der Waals surface area contributed by atoms with Crippen molar-refractivity contribution in [2.24, 2.45) is 0 Å². The zero-order valence-electron chi connectivity index (χ0n) is 15.0. The number of anilines is 2. The Morgan fingerprint density at radius 2 is 2.15 bits per heavy atom. The summed E-state index contributed by atoms with van der Waals surface area (Å²) in [5, 5.41) is 10.1. The number of H-pyrrole nitrogens is 1. The van der Waals surface area contributed by atoms with Gasteiger partial charge in [-0.05, 0) is 24.6 Å². The summed E-state index contributed by atoms with van der Waals surface area (Å²) in [5.41, 5.74) is 8.12. The normalized spacial score (nSPS) is 15.1. The van der Waals surface area contributed by atoms with Crippen LogP contribution in [-0.4, -0.2) is 57.3 Å². The van der Waals surface area contributed by atoms with Crippen LogP contribution in [0.15, 0.2) is 24.4 Å². The number of nitrogens with two attached hydrogens (primary N) is 1. The molecule has 3 aromatic rings. The number of aromatic amines is 1. The number of aryl methyl sites for hydroxylation is 1. The first-order valence-corrected chi connectivity index (χ1v) is 8.78. The van der Waals surface area contributed by atoms with Crippen molar-refractivity contribution in [2.75, 3.05) is 37.4 Å². The van der Waals surface area contributed by atoms with Crippen molar-refractivity contribution in [3.8, 4) is 0 Å². The Morgan fingerprint density at radius 3 is 2.89 bits per heavy atom. The number of ether oxygens (including phenoxy) is 1. The number of carbonyl (C=O) groups excluding carboxylic acids is 1. The largest absolute Gasteiger partial charge is 0.383 e. The Morgan fingerprint density at radius 1 is 1.33 bits per heavy atom. The summed E-state index contributed by atoms with van der Waals surface area (Å²) < 4.78 is 5.41. The average Bonchev–Trinajstić information content (AvgIpc) is 3.15. The van der Waals surface area contributed by atoms with Crippen molar-refractivity contribution in [3.63, 3.8) is 0 Å². The Labute approximate surface area is 155 Å². The van der Waals surface area contributed by atoms with Gasteiger partial charge in [0.2, 0.25) is 0 Å². The number of benzene rings is 1. The lowest BCUT2D eigenvalue weighted by Crippen LogP contribution is -2.35. The number of nitrogens with zero attached hydrogens (tertiary/aromatic N) is 4. The van der Waals surface area contributed by atoms with Gasteiger partial charge in [-0.3, -0.25) is 14.8 Å². The lowest BCUT2D eigenvalue weighted by atomic mass is 10.0. The highest BCUT2D eigenvalue weighted by molar-refractivity contribution is 6.13. The number of carbonyl (C=O) groups is 1. The quantitative estimate of drug-likeness (QED) is 0.636. The molecule has 4 rings (SSSR count). The highest BCUT2D eigenvalue weighted by Crippen LogP contribution is 2.25. The molecule has 0 saturated carbocycles. The third kappa shape index (κ3) is 3.74. The highest BCUT2D eigenvalue weighted by Gasteiger charge is 2.18. The number of nitrogens with one attached hydrogen (secondary N) is 2. The number of aromatic nitrogens is 4.